The average Bonchev–Trinajstić information content (AvgIpc) is 3.42. The third-order valence-corrected chi connectivity index (χ3v) is 16.6. The van der Waals surface area contributed by atoms with Gasteiger partial charge in [-0.1, -0.05) is 347 Å². The number of aliphatic hydroxyl groups is 2. The molecule has 0 radical (unpaired) electrons. The number of nitrogens with one attached hydrogen (secondary N) is 1. The molecule has 0 aromatic rings. The highest BCUT2D eigenvalue weighted by Gasteiger charge is 2.20. The number of ether oxygens (including phenoxy) is 1. The molecule has 0 aromatic heterocycles. The lowest BCUT2D eigenvalue weighted by Gasteiger charge is -2.22. The van der Waals surface area contributed by atoms with Crippen molar-refractivity contribution in [3.05, 3.63) is 12.2 Å². The predicted octanol–water partition coefficient (Wildman–Crippen LogP) is 22.4. The summed E-state index contributed by atoms with van der Waals surface area (Å²) in [6.07, 6.45) is 81.1. The van der Waals surface area contributed by atoms with Crippen molar-refractivity contribution in [3.63, 3.8) is 0 Å². The van der Waals surface area contributed by atoms with E-state index in [1.165, 1.54) is 327 Å². The maximum Gasteiger partial charge on any atom is 0.305 e. The van der Waals surface area contributed by atoms with Crippen LogP contribution in [0, 0.1) is 0 Å². The number of amides is 1. The van der Waals surface area contributed by atoms with Crippen LogP contribution >= 0.6 is 0 Å². The third kappa shape index (κ3) is 61.8. The summed E-state index contributed by atoms with van der Waals surface area (Å²) < 4.78 is 5.48. The number of esters is 1. The molecular formula is C70H137NO5. The predicted molar refractivity (Wildman–Crippen MR) is 333 cm³/mol. The van der Waals surface area contributed by atoms with Gasteiger partial charge in [-0.15, -0.1) is 0 Å². The lowest BCUT2D eigenvalue weighted by atomic mass is 10.0. The van der Waals surface area contributed by atoms with Crippen LogP contribution in [0.3, 0.4) is 0 Å². The van der Waals surface area contributed by atoms with E-state index in [-0.39, 0.29) is 18.5 Å². The SMILES string of the molecule is CCCCCCCCCCCCCCCCCCCCCCCC(O)C(CO)NC(=O)CCCCCCCCCCCC/C=C\CCCCCCCCCCCCCCOC(=O)CCCCCCCCCCCCCC. The van der Waals surface area contributed by atoms with Crippen molar-refractivity contribution in [3.8, 4) is 0 Å². The highest BCUT2D eigenvalue weighted by Crippen LogP contribution is 2.19. The molecule has 0 aliphatic carbocycles. The standard InChI is InChI=1S/C70H137NO5/c1-3-5-7-9-11-13-15-17-18-19-20-27-30-33-36-39-42-46-50-54-58-62-68(73)67(66-72)71-69(74)63-59-55-51-47-43-40-37-34-31-28-25-23-21-22-24-26-29-32-35-38-41-45-49-53-57-61-65-76-70(75)64-60-56-52-48-44-16-14-12-10-8-6-4-2/h21,23,67-68,72-73H,3-20,22,24-66H2,1-2H3,(H,71,74)/b23-21-. The molecule has 76 heavy (non-hydrogen) atoms. The molecular weight excluding hydrogens is 935 g/mol. The molecule has 6 heteroatoms. The Morgan fingerprint density at radius 1 is 0.355 bits per heavy atom. The summed E-state index contributed by atoms with van der Waals surface area (Å²) in [5, 5.41) is 23.4. The van der Waals surface area contributed by atoms with Crippen molar-refractivity contribution in [2.45, 2.75) is 411 Å². The molecule has 0 saturated carbocycles. The van der Waals surface area contributed by atoms with E-state index in [4.69, 9.17) is 4.74 Å². The van der Waals surface area contributed by atoms with Gasteiger partial charge in [-0.25, -0.2) is 0 Å². The number of allylic oxidation sites excluding steroid dienone is 2. The van der Waals surface area contributed by atoms with Crippen molar-refractivity contribution in [1.29, 1.82) is 0 Å². The minimum absolute atomic E-state index is 0.0160. The molecule has 0 aromatic carbocycles. The smallest absolute Gasteiger partial charge is 0.305 e. The number of hydrogen-bond donors (Lipinski definition) is 3. The van der Waals surface area contributed by atoms with Crippen LogP contribution in [0.5, 0.6) is 0 Å². The molecule has 0 spiro atoms. The van der Waals surface area contributed by atoms with E-state index >= 15 is 0 Å². The van der Waals surface area contributed by atoms with Crippen LogP contribution < -0.4 is 5.32 Å². The largest absolute Gasteiger partial charge is 0.466 e. The Labute approximate surface area is 476 Å². The Morgan fingerprint density at radius 3 is 0.934 bits per heavy atom. The number of carbonyl (C=O) groups is 2. The van der Waals surface area contributed by atoms with E-state index in [0.29, 0.717) is 25.9 Å². The van der Waals surface area contributed by atoms with Gasteiger partial charge in [0.1, 0.15) is 0 Å². The van der Waals surface area contributed by atoms with Gasteiger partial charge in [-0.05, 0) is 51.4 Å². The Morgan fingerprint density at radius 2 is 0.618 bits per heavy atom. The van der Waals surface area contributed by atoms with Gasteiger partial charge in [0, 0.05) is 12.8 Å². The van der Waals surface area contributed by atoms with E-state index in [1.807, 2.05) is 0 Å². The zero-order chi connectivity index (χ0) is 55.0. The molecule has 2 atom stereocenters. The van der Waals surface area contributed by atoms with Gasteiger partial charge in [0.15, 0.2) is 0 Å². The molecule has 3 N–H and O–H groups in total. The fourth-order valence-electron chi connectivity index (χ4n) is 11.2. The quantitative estimate of drug-likeness (QED) is 0.0320. The van der Waals surface area contributed by atoms with Crippen LogP contribution in [0.15, 0.2) is 12.2 Å². The van der Waals surface area contributed by atoms with Gasteiger partial charge >= 0.3 is 5.97 Å². The second-order valence-electron chi connectivity index (χ2n) is 24.2. The summed E-state index contributed by atoms with van der Waals surface area (Å²) in [4.78, 5) is 24.6. The van der Waals surface area contributed by atoms with Gasteiger partial charge in [-0.3, -0.25) is 9.59 Å². The summed E-state index contributed by atoms with van der Waals surface area (Å²) in [5.74, 6) is -0.0160. The molecule has 0 saturated heterocycles. The first kappa shape index (κ1) is 74.6. The fraction of sp³-hybridized carbons (Fsp3) is 0.943. The highest BCUT2D eigenvalue weighted by atomic mass is 16.5. The molecule has 0 rings (SSSR count). The van der Waals surface area contributed by atoms with E-state index < -0.39 is 12.1 Å². The maximum absolute atomic E-state index is 12.5. The summed E-state index contributed by atoms with van der Waals surface area (Å²) >= 11 is 0. The molecule has 0 fully saturated rings. The van der Waals surface area contributed by atoms with E-state index in [9.17, 15) is 19.8 Å². The lowest BCUT2D eigenvalue weighted by molar-refractivity contribution is -0.143. The Bertz CT molecular complexity index is 1140. The summed E-state index contributed by atoms with van der Waals surface area (Å²) in [6.45, 7) is 4.99. The van der Waals surface area contributed by atoms with Crippen molar-refractivity contribution in [2.24, 2.45) is 0 Å². The minimum atomic E-state index is -0.666. The average molecular weight is 1070 g/mol. The van der Waals surface area contributed by atoms with Crippen molar-refractivity contribution >= 4 is 11.9 Å². The second-order valence-corrected chi connectivity index (χ2v) is 24.2. The van der Waals surface area contributed by atoms with Gasteiger partial charge < -0.3 is 20.3 Å². The molecule has 0 aliphatic rings. The molecule has 2 unspecified atom stereocenters. The van der Waals surface area contributed by atoms with E-state index in [2.05, 4.69) is 31.3 Å². The molecule has 452 valence electrons. The van der Waals surface area contributed by atoms with Gasteiger partial charge in [0.05, 0.1) is 25.4 Å². The van der Waals surface area contributed by atoms with Crippen molar-refractivity contribution in [1.82, 2.24) is 5.32 Å². The molecule has 0 heterocycles. The highest BCUT2D eigenvalue weighted by molar-refractivity contribution is 5.76. The van der Waals surface area contributed by atoms with Crippen molar-refractivity contribution < 1.29 is 24.5 Å². The normalized spacial score (nSPS) is 12.5. The lowest BCUT2D eigenvalue weighted by Crippen LogP contribution is -2.45. The van der Waals surface area contributed by atoms with Gasteiger partial charge in [0.2, 0.25) is 5.91 Å². The molecule has 0 bridgehead atoms. The van der Waals surface area contributed by atoms with E-state index in [0.717, 1.165) is 38.5 Å². The number of rotatable bonds is 66. The Kier molecular flexibility index (Phi) is 64.9. The summed E-state index contributed by atoms with van der Waals surface area (Å²) in [6, 6.07) is -0.543. The monoisotopic (exact) mass is 1070 g/mol. The first-order valence-corrected chi connectivity index (χ1v) is 34.9. The zero-order valence-electron chi connectivity index (χ0n) is 51.8. The minimum Gasteiger partial charge on any atom is -0.466 e. The number of aliphatic hydroxyl groups excluding tert-OH is 2. The maximum atomic E-state index is 12.5. The first-order valence-electron chi connectivity index (χ1n) is 34.9. The van der Waals surface area contributed by atoms with E-state index in [1.54, 1.807) is 0 Å². The first-order chi connectivity index (χ1) is 37.5. The Balaban J connectivity index is 3.39. The van der Waals surface area contributed by atoms with Crippen molar-refractivity contribution in [2.75, 3.05) is 13.2 Å². The number of unbranched alkanes of at least 4 members (excludes halogenated alkanes) is 53. The third-order valence-electron chi connectivity index (χ3n) is 16.6. The van der Waals surface area contributed by atoms with Crippen LogP contribution in [0.25, 0.3) is 0 Å². The number of hydrogen-bond acceptors (Lipinski definition) is 5. The summed E-state index contributed by atoms with van der Waals surface area (Å²) in [7, 11) is 0. The van der Waals surface area contributed by atoms with Crippen LogP contribution in [0.4, 0.5) is 0 Å². The van der Waals surface area contributed by atoms with Crippen LogP contribution in [0.2, 0.25) is 0 Å². The molecule has 0 aliphatic heterocycles. The van der Waals surface area contributed by atoms with Gasteiger partial charge in [-0.2, -0.15) is 0 Å². The van der Waals surface area contributed by atoms with Crippen LogP contribution in [0.1, 0.15) is 399 Å². The zero-order valence-corrected chi connectivity index (χ0v) is 51.8. The molecule has 6 nitrogen and oxygen atoms in total. The second kappa shape index (κ2) is 66.1. The topological polar surface area (TPSA) is 95.9 Å². The fourth-order valence-corrected chi connectivity index (χ4v) is 11.2. The Hall–Kier alpha value is -1.40. The summed E-state index contributed by atoms with van der Waals surface area (Å²) in [5.41, 5.74) is 0. The number of carbonyl (C=O) groups excluding carboxylic acids is 2. The van der Waals surface area contributed by atoms with Gasteiger partial charge in [0.25, 0.3) is 0 Å². The van der Waals surface area contributed by atoms with Crippen LogP contribution in [-0.2, 0) is 14.3 Å². The molecule has 1 amide bonds. The van der Waals surface area contributed by atoms with Crippen LogP contribution in [-0.4, -0.2) is 47.4 Å².